The fourth-order valence-corrected chi connectivity index (χ4v) is 5.64. The topological polar surface area (TPSA) is 113 Å². The minimum Gasteiger partial charge on any atom is -0.491 e. The van der Waals surface area contributed by atoms with Crippen molar-refractivity contribution in [1.82, 2.24) is 25.8 Å². The van der Waals surface area contributed by atoms with Crippen molar-refractivity contribution in [3.63, 3.8) is 0 Å². The molecule has 4 aromatic rings. The number of rotatable bonds is 3. The van der Waals surface area contributed by atoms with Gasteiger partial charge in [0.15, 0.2) is 0 Å². The molecule has 3 aromatic carbocycles. The van der Waals surface area contributed by atoms with Crippen molar-refractivity contribution in [2.75, 3.05) is 32.8 Å². The van der Waals surface area contributed by atoms with Gasteiger partial charge in [0.2, 0.25) is 11.8 Å². The van der Waals surface area contributed by atoms with Crippen LogP contribution in [0.25, 0.3) is 21.9 Å². The Hall–Kier alpha value is -4.76. The van der Waals surface area contributed by atoms with Crippen LogP contribution in [0.2, 0.25) is 0 Å². The normalized spacial score (nSPS) is 19.4. The van der Waals surface area contributed by atoms with E-state index in [0.717, 1.165) is 27.5 Å². The molecule has 3 amide bonds. The molecule has 0 spiro atoms. The molecule has 2 aliphatic rings. The number of ether oxygens (including phenoxy) is 1. The first-order valence-electron chi connectivity index (χ1n) is 14.3. The van der Waals surface area contributed by atoms with Gasteiger partial charge in [-0.05, 0) is 46.5 Å². The molecule has 3 heterocycles. The molecule has 3 N–H and O–H groups in total. The highest BCUT2D eigenvalue weighted by atomic mass is 16.5. The lowest BCUT2D eigenvalue weighted by atomic mass is 10.0. The third-order valence-corrected chi connectivity index (χ3v) is 7.75. The standard InChI is InChI=1S/C33H33N5O4/c39-31(13-22-8-9-23-4-1-2-5-24(23)12-22)37-28-16-29-21-42-30-7-3-6-25(15-30)26-14-27(18-35-17-26)33(41)36-11-10-34-19-32(40)38(29)20-28/h1-9,12,14-15,17-18,28-29,34H,10-11,13,16,19-21H2,(H,36,41)(H,37,39)/t28-,29+/m1/s1. The summed E-state index contributed by atoms with van der Waals surface area (Å²) in [7, 11) is 0. The van der Waals surface area contributed by atoms with Gasteiger partial charge in [-0.3, -0.25) is 19.4 Å². The number of hydrogen-bond acceptors (Lipinski definition) is 6. The molecule has 0 unspecified atom stereocenters. The van der Waals surface area contributed by atoms with E-state index in [2.05, 4.69) is 27.0 Å². The summed E-state index contributed by atoms with van der Waals surface area (Å²) in [6, 6.07) is 23.2. The predicted molar refractivity (Wildman–Crippen MR) is 160 cm³/mol. The number of aromatic nitrogens is 1. The Kier molecular flexibility index (Phi) is 8.09. The van der Waals surface area contributed by atoms with Crippen LogP contribution in [0.15, 0.2) is 85.2 Å². The molecule has 9 heteroatoms. The fourth-order valence-electron chi connectivity index (χ4n) is 5.64. The lowest BCUT2D eigenvalue weighted by Gasteiger charge is -2.25. The Balaban J connectivity index is 1.16. The van der Waals surface area contributed by atoms with Gasteiger partial charge < -0.3 is 25.6 Å². The van der Waals surface area contributed by atoms with Crippen molar-refractivity contribution >= 4 is 28.5 Å². The van der Waals surface area contributed by atoms with Crippen LogP contribution in [-0.4, -0.2) is 72.5 Å². The lowest BCUT2D eigenvalue weighted by molar-refractivity contribution is -0.131. The summed E-state index contributed by atoms with van der Waals surface area (Å²) in [6.45, 7) is 1.63. The third kappa shape index (κ3) is 6.42. The number of hydrogen-bond donors (Lipinski definition) is 3. The SMILES string of the molecule is O=C(Cc1ccc2ccccc2c1)N[C@@H]1C[C@H]2COc3cccc(c3)-c3cncc(c3)C(=O)NCCNCC(=O)N2C1. The maximum Gasteiger partial charge on any atom is 0.252 e. The Morgan fingerprint density at radius 2 is 1.79 bits per heavy atom. The summed E-state index contributed by atoms with van der Waals surface area (Å²) >= 11 is 0. The van der Waals surface area contributed by atoms with Crippen molar-refractivity contribution in [2.24, 2.45) is 0 Å². The van der Waals surface area contributed by atoms with Crippen LogP contribution < -0.4 is 20.7 Å². The van der Waals surface area contributed by atoms with Crippen LogP contribution in [0.4, 0.5) is 0 Å². The van der Waals surface area contributed by atoms with Gasteiger partial charge in [-0.2, -0.15) is 0 Å². The summed E-state index contributed by atoms with van der Waals surface area (Å²) in [5, 5.41) is 11.4. The zero-order valence-corrected chi connectivity index (χ0v) is 23.2. The van der Waals surface area contributed by atoms with Crippen molar-refractivity contribution in [3.8, 4) is 16.9 Å². The third-order valence-electron chi connectivity index (χ3n) is 7.75. The summed E-state index contributed by atoms with van der Waals surface area (Å²) in [5.74, 6) is 0.281. The van der Waals surface area contributed by atoms with Gasteiger partial charge in [-0.15, -0.1) is 0 Å². The van der Waals surface area contributed by atoms with Crippen molar-refractivity contribution in [3.05, 3.63) is 96.3 Å². The number of benzene rings is 3. The number of carbonyl (C=O) groups excluding carboxylic acids is 3. The number of amides is 3. The van der Waals surface area contributed by atoms with Crippen LogP contribution in [0.1, 0.15) is 22.3 Å². The van der Waals surface area contributed by atoms with Gasteiger partial charge in [0.1, 0.15) is 12.4 Å². The highest BCUT2D eigenvalue weighted by Gasteiger charge is 2.36. The molecule has 2 aliphatic heterocycles. The summed E-state index contributed by atoms with van der Waals surface area (Å²) in [6.07, 6.45) is 4.12. The Bertz CT molecular complexity index is 1620. The number of pyridine rings is 1. The van der Waals surface area contributed by atoms with E-state index in [1.807, 2.05) is 60.7 Å². The first kappa shape index (κ1) is 27.4. The highest BCUT2D eigenvalue weighted by molar-refractivity contribution is 5.95. The first-order chi connectivity index (χ1) is 20.5. The number of nitrogens with zero attached hydrogens (tertiary/aromatic N) is 2. The second-order valence-electron chi connectivity index (χ2n) is 10.8. The van der Waals surface area contributed by atoms with E-state index in [0.29, 0.717) is 44.0 Å². The number of carbonyl (C=O) groups is 3. The molecule has 0 radical (unpaired) electrons. The van der Waals surface area contributed by atoms with Gasteiger partial charge in [-0.25, -0.2) is 0 Å². The monoisotopic (exact) mass is 563 g/mol. The minimum atomic E-state index is -0.226. The van der Waals surface area contributed by atoms with E-state index in [9.17, 15) is 14.4 Å². The maximum absolute atomic E-state index is 13.3. The van der Waals surface area contributed by atoms with Gasteiger partial charge in [0, 0.05) is 43.6 Å². The van der Waals surface area contributed by atoms with Crippen LogP contribution in [0, 0.1) is 0 Å². The van der Waals surface area contributed by atoms with Crippen molar-refractivity contribution in [1.29, 1.82) is 0 Å². The van der Waals surface area contributed by atoms with E-state index < -0.39 is 0 Å². The fraction of sp³-hybridized carbons (Fsp3) is 0.273. The van der Waals surface area contributed by atoms with Crippen LogP contribution in [0.5, 0.6) is 5.75 Å². The first-order valence-corrected chi connectivity index (χ1v) is 14.3. The van der Waals surface area contributed by atoms with E-state index >= 15 is 0 Å². The highest BCUT2D eigenvalue weighted by Crippen LogP contribution is 2.26. The van der Waals surface area contributed by atoms with Crippen molar-refractivity contribution < 1.29 is 19.1 Å². The van der Waals surface area contributed by atoms with Gasteiger partial charge in [0.05, 0.1) is 24.6 Å². The number of nitrogens with one attached hydrogen (secondary N) is 3. The van der Waals surface area contributed by atoms with E-state index in [1.165, 1.54) is 6.20 Å². The molecule has 1 aromatic heterocycles. The molecule has 6 rings (SSSR count). The quantitative estimate of drug-likeness (QED) is 0.354. The molecule has 214 valence electrons. The zero-order chi connectivity index (χ0) is 28.9. The van der Waals surface area contributed by atoms with Crippen LogP contribution >= 0.6 is 0 Å². The summed E-state index contributed by atoms with van der Waals surface area (Å²) < 4.78 is 6.19. The molecular weight excluding hydrogens is 530 g/mol. The molecule has 1 fully saturated rings. The molecule has 42 heavy (non-hydrogen) atoms. The molecule has 9 nitrogen and oxygen atoms in total. The largest absolute Gasteiger partial charge is 0.491 e. The molecule has 4 bridgehead atoms. The average molecular weight is 564 g/mol. The summed E-state index contributed by atoms with van der Waals surface area (Å²) in [4.78, 5) is 45.0. The second kappa shape index (κ2) is 12.4. The molecule has 2 atom stereocenters. The predicted octanol–water partition coefficient (Wildman–Crippen LogP) is 2.94. The zero-order valence-electron chi connectivity index (χ0n) is 23.2. The second-order valence-corrected chi connectivity index (χ2v) is 10.8. The van der Waals surface area contributed by atoms with E-state index in [1.54, 1.807) is 17.2 Å². The smallest absolute Gasteiger partial charge is 0.252 e. The van der Waals surface area contributed by atoms with Gasteiger partial charge >= 0.3 is 0 Å². The van der Waals surface area contributed by atoms with Gasteiger partial charge in [0.25, 0.3) is 5.91 Å². The number of fused-ring (bicyclic) bond motifs is 7. The van der Waals surface area contributed by atoms with Gasteiger partial charge in [-0.1, -0.05) is 54.6 Å². The van der Waals surface area contributed by atoms with Crippen LogP contribution in [-0.2, 0) is 16.0 Å². The Morgan fingerprint density at radius 3 is 2.69 bits per heavy atom. The Morgan fingerprint density at radius 1 is 0.929 bits per heavy atom. The maximum atomic E-state index is 13.3. The van der Waals surface area contributed by atoms with Crippen molar-refractivity contribution in [2.45, 2.75) is 24.9 Å². The molecular formula is C33H33N5O4. The average Bonchev–Trinajstić information content (AvgIpc) is 3.41. The van der Waals surface area contributed by atoms with E-state index in [-0.39, 0.29) is 42.8 Å². The molecule has 0 saturated carbocycles. The van der Waals surface area contributed by atoms with E-state index in [4.69, 9.17) is 4.74 Å². The molecule has 1 saturated heterocycles. The summed E-state index contributed by atoms with van der Waals surface area (Å²) in [5.41, 5.74) is 3.09. The minimum absolute atomic E-state index is 0.0730. The van der Waals surface area contributed by atoms with Crippen LogP contribution in [0.3, 0.4) is 0 Å². The Labute approximate surface area is 244 Å². The molecule has 0 aliphatic carbocycles. The lowest BCUT2D eigenvalue weighted by Crippen LogP contribution is -2.45.